The highest BCUT2D eigenvalue weighted by atomic mass is 15.2. The summed E-state index contributed by atoms with van der Waals surface area (Å²) in [5.74, 6) is 1.78. The molecule has 0 fully saturated rings. The first-order chi connectivity index (χ1) is 33.7. The van der Waals surface area contributed by atoms with Crippen LogP contribution in [0.5, 0.6) is 0 Å². The smallest absolute Gasteiger partial charge is 0.238 e. The summed E-state index contributed by atoms with van der Waals surface area (Å²) in [5.41, 5.74) is 15.6. The van der Waals surface area contributed by atoms with Crippen LogP contribution in [0.25, 0.3) is 123 Å². The number of fused-ring (bicyclic) bond motifs is 7. The first-order valence-electron chi connectivity index (χ1n) is 22.9. The Hall–Kier alpha value is -9.26. The van der Waals surface area contributed by atoms with E-state index in [2.05, 4.69) is 215 Å². The third-order valence-corrected chi connectivity index (χ3v) is 13.0. The molecule has 13 rings (SSSR count). The van der Waals surface area contributed by atoms with Crippen LogP contribution in [-0.2, 0) is 0 Å². The fourth-order valence-electron chi connectivity index (χ4n) is 9.74. The SMILES string of the molecule is c1ccc(-c2ccc(-c3cc(-c4ccccc4)cc(-c4ccc(-n5c6ccccc6c6ccc7c8ccccc8n(-c8nc(-c9ccccc9)nc(-c9ccccc9)n8)c7c65)cc4)n3)cc2)cc1. The van der Waals surface area contributed by atoms with Crippen molar-refractivity contribution in [3.05, 3.63) is 243 Å². The van der Waals surface area contributed by atoms with Gasteiger partial charge in [0.1, 0.15) is 0 Å². The Bertz CT molecular complexity index is 3920. The molecular weight excluding hydrogens is 829 g/mol. The summed E-state index contributed by atoms with van der Waals surface area (Å²) in [6, 6.07) is 85.1. The van der Waals surface area contributed by atoms with Crippen LogP contribution >= 0.6 is 0 Å². The minimum Gasteiger partial charge on any atom is -0.307 e. The van der Waals surface area contributed by atoms with Gasteiger partial charge >= 0.3 is 0 Å². The van der Waals surface area contributed by atoms with E-state index in [0.717, 1.165) is 94.1 Å². The van der Waals surface area contributed by atoms with Crippen molar-refractivity contribution < 1.29 is 0 Å². The number of para-hydroxylation sites is 2. The van der Waals surface area contributed by atoms with Crippen molar-refractivity contribution in [3.63, 3.8) is 0 Å². The summed E-state index contributed by atoms with van der Waals surface area (Å²) < 4.78 is 4.64. The van der Waals surface area contributed by atoms with Gasteiger partial charge in [0.15, 0.2) is 11.6 Å². The standard InChI is InChI=1S/C62H40N6/c1-5-17-41(18-6-1)43-29-31-44(32-30-43)54-39-48(42-19-7-2-8-20-42)40-55(63-54)45-33-35-49(36-34-45)67-56-27-15-13-25-50(56)52-37-38-53-51-26-14-16-28-57(51)68(59(53)58(52)67)62-65-60(46-21-9-3-10-22-46)64-61(66-62)47-23-11-4-12-24-47/h1-40H. The van der Waals surface area contributed by atoms with Gasteiger partial charge in [-0.15, -0.1) is 0 Å². The summed E-state index contributed by atoms with van der Waals surface area (Å²) >= 11 is 0. The van der Waals surface area contributed by atoms with Crippen molar-refractivity contribution in [2.24, 2.45) is 0 Å². The average molecular weight is 869 g/mol. The first kappa shape index (κ1) is 39.1. The molecule has 0 atom stereocenters. The summed E-state index contributed by atoms with van der Waals surface area (Å²) in [5, 5.41) is 4.54. The molecule has 0 aliphatic rings. The second-order valence-corrected chi connectivity index (χ2v) is 17.1. The Labute approximate surface area is 392 Å². The number of benzene rings is 9. The highest BCUT2D eigenvalue weighted by Crippen LogP contribution is 2.42. The maximum Gasteiger partial charge on any atom is 0.238 e. The van der Waals surface area contributed by atoms with Crippen molar-refractivity contribution in [3.8, 4) is 79.2 Å². The molecule has 6 nitrogen and oxygen atoms in total. The number of aromatic nitrogens is 6. The average Bonchev–Trinajstić information content (AvgIpc) is 3.95. The predicted molar refractivity (Wildman–Crippen MR) is 279 cm³/mol. The molecule has 0 saturated carbocycles. The molecule has 0 spiro atoms. The van der Waals surface area contributed by atoms with E-state index in [4.69, 9.17) is 19.9 Å². The maximum atomic E-state index is 5.33. The molecule has 0 amide bonds. The number of pyridine rings is 1. The molecule has 9 aromatic carbocycles. The van der Waals surface area contributed by atoms with E-state index in [0.29, 0.717) is 17.6 Å². The molecule has 0 unspecified atom stereocenters. The van der Waals surface area contributed by atoms with Crippen LogP contribution in [0.15, 0.2) is 243 Å². The minimum absolute atomic E-state index is 0.554. The zero-order chi connectivity index (χ0) is 45.0. The normalized spacial score (nSPS) is 11.5. The minimum atomic E-state index is 0.554. The second-order valence-electron chi connectivity index (χ2n) is 17.1. The van der Waals surface area contributed by atoms with Crippen molar-refractivity contribution in [2.45, 2.75) is 0 Å². The zero-order valence-corrected chi connectivity index (χ0v) is 36.8. The Kier molecular flexibility index (Phi) is 9.39. The number of rotatable bonds is 8. The molecule has 4 aromatic heterocycles. The van der Waals surface area contributed by atoms with Crippen LogP contribution in [0.2, 0.25) is 0 Å². The van der Waals surface area contributed by atoms with E-state index in [9.17, 15) is 0 Å². The molecule has 318 valence electrons. The van der Waals surface area contributed by atoms with Gasteiger partial charge < -0.3 is 4.57 Å². The van der Waals surface area contributed by atoms with Crippen molar-refractivity contribution in [1.29, 1.82) is 0 Å². The van der Waals surface area contributed by atoms with Crippen LogP contribution in [0.4, 0.5) is 0 Å². The lowest BCUT2D eigenvalue weighted by atomic mass is 9.98. The van der Waals surface area contributed by atoms with Crippen molar-refractivity contribution >= 4 is 43.6 Å². The third kappa shape index (κ3) is 6.74. The monoisotopic (exact) mass is 868 g/mol. The van der Waals surface area contributed by atoms with E-state index in [1.54, 1.807) is 0 Å². The van der Waals surface area contributed by atoms with Crippen molar-refractivity contribution in [2.75, 3.05) is 0 Å². The van der Waals surface area contributed by atoms with Crippen LogP contribution in [0, 0.1) is 0 Å². The maximum absolute atomic E-state index is 5.33. The largest absolute Gasteiger partial charge is 0.307 e. The van der Waals surface area contributed by atoms with Gasteiger partial charge in [0.2, 0.25) is 5.95 Å². The lowest BCUT2D eigenvalue weighted by Gasteiger charge is -2.14. The van der Waals surface area contributed by atoms with E-state index in [-0.39, 0.29) is 0 Å². The van der Waals surface area contributed by atoms with E-state index in [1.807, 2.05) is 36.4 Å². The van der Waals surface area contributed by atoms with Gasteiger partial charge in [-0.25, -0.2) is 9.97 Å². The molecule has 0 bridgehead atoms. The lowest BCUT2D eigenvalue weighted by Crippen LogP contribution is -2.07. The molecule has 0 N–H and O–H groups in total. The summed E-state index contributed by atoms with van der Waals surface area (Å²) in [4.78, 5) is 20.9. The zero-order valence-electron chi connectivity index (χ0n) is 36.8. The van der Waals surface area contributed by atoms with Crippen LogP contribution in [0.1, 0.15) is 0 Å². The molecule has 0 aliphatic carbocycles. The van der Waals surface area contributed by atoms with Gasteiger partial charge in [0.05, 0.1) is 33.5 Å². The van der Waals surface area contributed by atoms with Gasteiger partial charge in [0, 0.05) is 49.5 Å². The number of hydrogen-bond donors (Lipinski definition) is 0. The fourth-order valence-corrected chi connectivity index (χ4v) is 9.74. The van der Waals surface area contributed by atoms with E-state index >= 15 is 0 Å². The second kappa shape index (κ2) is 16.3. The molecule has 68 heavy (non-hydrogen) atoms. The quantitative estimate of drug-likeness (QED) is 0.153. The van der Waals surface area contributed by atoms with Gasteiger partial charge in [-0.3, -0.25) is 4.57 Å². The molecule has 0 aliphatic heterocycles. The van der Waals surface area contributed by atoms with Gasteiger partial charge in [-0.2, -0.15) is 9.97 Å². The molecule has 0 radical (unpaired) electrons. The van der Waals surface area contributed by atoms with Gasteiger partial charge in [-0.05, 0) is 58.7 Å². The van der Waals surface area contributed by atoms with Crippen molar-refractivity contribution in [1.82, 2.24) is 29.1 Å². The Balaban J connectivity index is 1.01. The Morgan fingerprint density at radius 3 is 1.15 bits per heavy atom. The molecule has 6 heteroatoms. The highest BCUT2D eigenvalue weighted by molar-refractivity contribution is 6.23. The molecule has 0 saturated heterocycles. The lowest BCUT2D eigenvalue weighted by molar-refractivity contribution is 0.953. The molecular formula is C62H40N6. The summed E-state index contributed by atoms with van der Waals surface area (Å²) in [7, 11) is 0. The summed E-state index contributed by atoms with van der Waals surface area (Å²) in [6.07, 6.45) is 0. The van der Waals surface area contributed by atoms with Gasteiger partial charge in [-0.1, -0.05) is 206 Å². The van der Waals surface area contributed by atoms with E-state index in [1.165, 1.54) is 11.1 Å². The summed E-state index contributed by atoms with van der Waals surface area (Å²) in [6.45, 7) is 0. The van der Waals surface area contributed by atoms with E-state index < -0.39 is 0 Å². The number of hydrogen-bond acceptors (Lipinski definition) is 4. The molecule has 4 heterocycles. The topological polar surface area (TPSA) is 61.4 Å². The fraction of sp³-hybridized carbons (Fsp3) is 0. The Morgan fingerprint density at radius 1 is 0.250 bits per heavy atom. The van der Waals surface area contributed by atoms with Crippen LogP contribution in [-0.4, -0.2) is 29.1 Å². The highest BCUT2D eigenvalue weighted by Gasteiger charge is 2.24. The van der Waals surface area contributed by atoms with Crippen LogP contribution in [0.3, 0.4) is 0 Å². The Morgan fingerprint density at radius 2 is 0.632 bits per heavy atom. The third-order valence-electron chi connectivity index (χ3n) is 13.0. The van der Waals surface area contributed by atoms with Crippen LogP contribution < -0.4 is 0 Å². The van der Waals surface area contributed by atoms with Gasteiger partial charge in [0.25, 0.3) is 0 Å². The first-order valence-corrected chi connectivity index (χ1v) is 22.9. The number of nitrogens with zero attached hydrogens (tertiary/aromatic N) is 6. The predicted octanol–water partition coefficient (Wildman–Crippen LogP) is 15.5. The molecule has 13 aromatic rings.